The molecule has 0 atom stereocenters. The molecule has 2 aromatic heterocycles. The van der Waals surface area contributed by atoms with Gasteiger partial charge in [-0.25, -0.2) is 4.98 Å². The van der Waals surface area contributed by atoms with Gasteiger partial charge in [0.2, 0.25) is 5.88 Å². The van der Waals surface area contributed by atoms with Crippen molar-refractivity contribution in [1.29, 1.82) is 0 Å². The summed E-state index contributed by atoms with van der Waals surface area (Å²) in [6.07, 6.45) is -8.05. The van der Waals surface area contributed by atoms with E-state index in [-0.39, 0.29) is 11.6 Å². The van der Waals surface area contributed by atoms with Crippen molar-refractivity contribution in [1.82, 2.24) is 9.97 Å². The van der Waals surface area contributed by atoms with E-state index in [2.05, 4.69) is 42.5 Å². The molecule has 152 valence electrons. The van der Waals surface area contributed by atoms with Crippen molar-refractivity contribution >= 4 is 27.4 Å². The van der Waals surface area contributed by atoms with E-state index in [1.54, 1.807) is 19.2 Å². The van der Waals surface area contributed by atoms with E-state index in [0.717, 1.165) is 0 Å². The number of aromatic nitrogens is 2. The Kier molecular flexibility index (Phi) is 6.42. The van der Waals surface area contributed by atoms with Gasteiger partial charge in [-0.1, -0.05) is 6.58 Å². The van der Waals surface area contributed by atoms with Crippen molar-refractivity contribution < 1.29 is 31.1 Å². The van der Waals surface area contributed by atoms with Crippen LogP contribution < -0.4 is 15.0 Å². The van der Waals surface area contributed by atoms with Crippen LogP contribution in [0.15, 0.2) is 47.5 Å². The van der Waals surface area contributed by atoms with Crippen molar-refractivity contribution in [3.8, 4) is 5.88 Å². The average Bonchev–Trinajstić information content (AvgIpc) is 2.58. The van der Waals surface area contributed by atoms with Crippen LogP contribution in [0.2, 0.25) is 0 Å². The summed E-state index contributed by atoms with van der Waals surface area (Å²) in [4.78, 5) is 9.12. The first kappa shape index (κ1) is 21.8. The highest BCUT2D eigenvalue weighted by Gasteiger charge is 2.33. The maximum atomic E-state index is 13.0. The lowest BCUT2D eigenvalue weighted by Crippen LogP contribution is -2.23. The first-order valence-corrected chi connectivity index (χ1v) is 8.24. The molecule has 12 heteroatoms. The van der Waals surface area contributed by atoms with E-state index in [4.69, 9.17) is 0 Å². The lowest BCUT2D eigenvalue weighted by atomic mass is 10.2. The molecule has 0 bridgehead atoms. The molecular formula is C16H13BrF6N4O. The number of ether oxygens (including phenoxy) is 1. The molecule has 0 aliphatic heterocycles. The van der Waals surface area contributed by atoms with Crippen molar-refractivity contribution in [2.75, 3.05) is 23.9 Å². The fourth-order valence-corrected chi connectivity index (χ4v) is 2.15. The predicted molar refractivity (Wildman–Crippen MR) is 93.9 cm³/mol. The summed E-state index contributed by atoms with van der Waals surface area (Å²) in [6.45, 7) is 1.92. The molecule has 2 aromatic rings. The zero-order valence-electron chi connectivity index (χ0n) is 14.2. The van der Waals surface area contributed by atoms with Crippen molar-refractivity contribution in [3.63, 3.8) is 0 Å². The second-order valence-electron chi connectivity index (χ2n) is 5.45. The summed E-state index contributed by atoms with van der Waals surface area (Å²) >= 11 is 3.17. The van der Waals surface area contributed by atoms with Gasteiger partial charge in [0.05, 0.1) is 17.4 Å². The molecule has 2 heterocycles. The van der Waals surface area contributed by atoms with Crippen LogP contribution in [0.25, 0.3) is 0 Å². The molecule has 0 spiro atoms. The molecule has 0 unspecified atom stereocenters. The third-order valence-corrected chi connectivity index (χ3v) is 3.76. The molecule has 0 aliphatic rings. The van der Waals surface area contributed by atoms with Crippen LogP contribution in [0.5, 0.6) is 5.88 Å². The van der Waals surface area contributed by atoms with E-state index >= 15 is 0 Å². The van der Waals surface area contributed by atoms with Gasteiger partial charge < -0.3 is 15.0 Å². The number of hydrogen-bond donors (Lipinski definition) is 1. The van der Waals surface area contributed by atoms with Gasteiger partial charge in [0.15, 0.2) is 6.61 Å². The maximum Gasteiger partial charge on any atom is 0.422 e. The quantitative estimate of drug-likeness (QED) is 0.463. The number of rotatable bonds is 6. The molecule has 5 nitrogen and oxygen atoms in total. The zero-order valence-corrected chi connectivity index (χ0v) is 15.8. The molecule has 0 saturated heterocycles. The first-order valence-electron chi connectivity index (χ1n) is 7.45. The summed E-state index contributed by atoms with van der Waals surface area (Å²) in [6, 6.07) is 4.34. The van der Waals surface area contributed by atoms with Crippen LogP contribution in [0.1, 0.15) is 5.56 Å². The first-order chi connectivity index (χ1) is 12.8. The van der Waals surface area contributed by atoms with Crippen LogP contribution in [0.4, 0.5) is 37.8 Å². The van der Waals surface area contributed by atoms with E-state index in [9.17, 15) is 26.3 Å². The summed E-state index contributed by atoms with van der Waals surface area (Å²) in [7, 11) is 1.56. The maximum absolute atomic E-state index is 13.0. The number of anilines is 2. The van der Waals surface area contributed by atoms with Gasteiger partial charge in [-0.15, -0.1) is 0 Å². The largest absolute Gasteiger partial charge is 0.468 e. The second kappa shape index (κ2) is 8.25. The van der Waals surface area contributed by atoms with Gasteiger partial charge in [-0.05, 0) is 34.1 Å². The van der Waals surface area contributed by atoms with E-state index in [1.165, 1.54) is 11.1 Å². The SMILES string of the molecule is C=C(Nc1cc(C(F)(F)F)cc(OCC(F)(F)F)n1)N(C)c1ccc(Br)nc1. The highest BCUT2D eigenvalue weighted by atomic mass is 79.9. The lowest BCUT2D eigenvalue weighted by molar-refractivity contribution is -0.154. The molecule has 0 radical (unpaired) electrons. The third kappa shape index (κ3) is 6.29. The Bertz CT molecular complexity index is 839. The number of hydrogen-bond acceptors (Lipinski definition) is 5. The minimum Gasteiger partial charge on any atom is -0.468 e. The Labute approximate surface area is 164 Å². The minimum atomic E-state index is -4.81. The molecule has 28 heavy (non-hydrogen) atoms. The van der Waals surface area contributed by atoms with Gasteiger partial charge in [0, 0.05) is 13.1 Å². The highest BCUT2D eigenvalue weighted by Crippen LogP contribution is 2.33. The molecular weight excluding hydrogens is 458 g/mol. The van der Waals surface area contributed by atoms with E-state index in [0.29, 0.717) is 22.4 Å². The molecule has 2 rings (SSSR count). The van der Waals surface area contributed by atoms with Gasteiger partial charge in [0.1, 0.15) is 16.2 Å². The second-order valence-corrected chi connectivity index (χ2v) is 6.26. The lowest BCUT2D eigenvalue weighted by Gasteiger charge is -2.23. The smallest absolute Gasteiger partial charge is 0.422 e. The van der Waals surface area contributed by atoms with Gasteiger partial charge in [-0.2, -0.15) is 31.3 Å². The van der Waals surface area contributed by atoms with Crippen LogP contribution >= 0.6 is 15.9 Å². The molecule has 0 fully saturated rings. The van der Waals surface area contributed by atoms with Crippen LogP contribution in [-0.4, -0.2) is 29.8 Å². The van der Waals surface area contributed by atoms with Crippen molar-refractivity contribution in [3.05, 3.63) is 53.0 Å². The standard InChI is InChI=1S/C16H13BrF6N4O/c1-9(27(2)11-3-4-12(17)24-7-11)25-13-5-10(16(21,22)23)6-14(26-13)28-8-15(18,19)20/h3-7H,1,8H2,2H3,(H,25,26). The van der Waals surface area contributed by atoms with Gasteiger partial charge in [-0.3, -0.25) is 0 Å². The molecule has 0 amide bonds. The third-order valence-electron chi connectivity index (χ3n) is 3.29. The Hall–Kier alpha value is -2.50. The van der Waals surface area contributed by atoms with Crippen molar-refractivity contribution in [2.24, 2.45) is 0 Å². The Balaban J connectivity index is 2.25. The predicted octanol–water partition coefficient (Wildman–Crippen LogP) is 5.22. The van der Waals surface area contributed by atoms with E-state index < -0.39 is 30.4 Å². The number of alkyl halides is 6. The molecule has 0 aromatic carbocycles. The molecule has 0 saturated carbocycles. The summed E-state index contributed by atoms with van der Waals surface area (Å²) in [5, 5.41) is 2.52. The Morgan fingerprint density at radius 3 is 2.43 bits per heavy atom. The monoisotopic (exact) mass is 470 g/mol. The Morgan fingerprint density at radius 1 is 1.21 bits per heavy atom. The number of nitrogens with one attached hydrogen (secondary N) is 1. The summed E-state index contributed by atoms with van der Waals surface area (Å²) < 4.78 is 80.9. The van der Waals surface area contributed by atoms with Crippen LogP contribution in [0.3, 0.4) is 0 Å². The fourth-order valence-electron chi connectivity index (χ4n) is 1.92. The number of halogens is 7. The van der Waals surface area contributed by atoms with Gasteiger partial charge >= 0.3 is 12.4 Å². The Morgan fingerprint density at radius 2 is 1.89 bits per heavy atom. The molecule has 0 aliphatic carbocycles. The zero-order chi connectivity index (χ0) is 21.1. The summed E-state index contributed by atoms with van der Waals surface area (Å²) in [5.74, 6) is -1.10. The van der Waals surface area contributed by atoms with E-state index in [1.807, 2.05) is 0 Å². The topological polar surface area (TPSA) is 50.3 Å². The van der Waals surface area contributed by atoms with Crippen LogP contribution in [0, 0.1) is 0 Å². The number of nitrogens with zero attached hydrogens (tertiary/aromatic N) is 3. The highest BCUT2D eigenvalue weighted by molar-refractivity contribution is 9.10. The van der Waals surface area contributed by atoms with Crippen molar-refractivity contribution in [2.45, 2.75) is 12.4 Å². The summed E-state index contributed by atoms with van der Waals surface area (Å²) in [5.41, 5.74) is -0.663. The average molecular weight is 471 g/mol. The number of pyridine rings is 2. The minimum absolute atomic E-state index is 0.109. The van der Waals surface area contributed by atoms with Gasteiger partial charge in [0.25, 0.3) is 0 Å². The van der Waals surface area contributed by atoms with Crippen LogP contribution in [-0.2, 0) is 6.18 Å². The fraction of sp³-hybridized carbons (Fsp3) is 0.250. The molecule has 1 N–H and O–H groups in total. The normalized spacial score (nSPS) is 11.9.